The first-order chi connectivity index (χ1) is 6.29. The fraction of sp³-hybridized carbons (Fsp3) is 0.231. The summed E-state index contributed by atoms with van der Waals surface area (Å²) < 4.78 is 0. The molecule has 0 N–H and O–H groups in total. The minimum absolute atomic E-state index is 0.244. The highest BCUT2D eigenvalue weighted by atomic mass is 14.1. The fourth-order valence-corrected chi connectivity index (χ4v) is 1.32. The molecule has 0 amide bonds. The molecule has 0 aromatic rings. The summed E-state index contributed by atoms with van der Waals surface area (Å²) in [7, 11) is 0. The molecule has 0 heterocycles. The molecule has 0 fully saturated rings. The Morgan fingerprint density at radius 2 is 2.31 bits per heavy atom. The van der Waals surface area contributed by atoms with Crippen molar-refractivity contribution in [1.29, 1.82) is 0 Å². The van der Waals surface area contributed by atoms with Crippen molar-refractivity contribution in [2.75, 3.05) is 0 Å². The zero-order valence-electron chi connectivity index (χ0n) is 8.17. The van der Waals surface area contributed by atoms with Crippen LogP contribution in [0.5, 0.6) is 0 Å². The highest BCUT2D eigenvalue weighted by Gasteiger charge is 2.09. The molecule has 0 spiro atoms. The minimum Gasteiger partial charge on any atom is -0.106 e. The van der Waals surface area contributed by atoms with E-state index in [-0.39, 0.29) is 5.92 Å². The van der Waals surface area contributed by atoms with Gasteiger partial charge >= 0.3 is 0 Å². The maximum absolute atomic E-state index is 3.77. The van der Waals surface area contributed by atoms with Crippen LogP contribution in [0, 0.1) is 17.8 Å². The maximum atomic E-state index is 3.77. The van der Waals surface area contributed by atoms with Crippen LogP contribution in [-0.2, 0) is 0 Å². The van der Waals surface area contributed by atoms with Gasteiger partial charge in [-0.2, -0.15) is 0 Å². The van der Waals surface area contributed by atoms with Crippen molar-refractivity contribution in [3.8, 4) is 11.8 Å². The molecule has 0 aromatic heterocycles. The van der Waals surface area contributed by atoms with E-state index < -0.39 is 0 Å². The van der Waals surface area contributed by atoms with Crippen molar-refractivity contribution in [3.05, 3.63) is 48.1 Å². The second-order valence-corrected chi connectivity index (χ2v) is 2.96. The summed E-state index contributed by atoms with van der Waals surface area (Å²) in [6, 6.07) is 0. The Hall–Kier alpha value is -1.48. The van der Waals surface area contributed by atoms with Crippen molar-refractivity contribution in [1.82, 2.24) is 0 Å². The third-order valence-electron chi connectivity index (χ3n) is 2.09. The minimum atomic E-state index is 0.244. The molecule has 0 radical (unpaired) electrons. The van der Waals surface area contributed by atoms with Crippen LogP contribution >= 0.6 is 0 Å². The normalized spacial score (nSPS) is 23.4. The molecular weight excluding hydrogens is 156 g/mol. The molecule has 0 saturated heterocycles. The van der Waals surface area contributed by atoms with Gasteiger partial charge < -0.3 is 0 Å². The molecule has 0 heteroatoms. The van der Waals surface area contributed by atoms with E-state index in [9.17, 15) is 0 Å². The zero-order chi connectivity index (χ0) is 9.68. The number of rotatable bonds is 1. The van der Waals surface area contributed by atoms with Crippen molar-refractivity contribution >= 4 is 0 Å². The molecular formula is C13H14. The molecule has 0 aromatic carbocycles. The van der Waals surface area contributed by atoms with Crippen LogP contribution in [0.4, 0.5) is 0 Å². The Bertz CT molecular complexity index is 340. The summed E-state index contributed by atoms with van der Waals surface area (Å²) >= 11 is 0. The monoisotopic (exact) mass is 170 g/mol. The molecule has 1 rings (SSSR count). The van der Waals surface area contributed by atoms with E-state index in [0.29, 0.717) is 0 Å². The van der Waals surface area contributed by atoms with E-state index in [2.05, 4.69) is 37.5 Å². The first-order valence-corrected chi connectivity index (χ1v) is 4.40. The van der Waals surface area contributed by atoms with Gasteiger partial charge in [0, 0.05) is 0 Å². The second kappa shape index (κ2) is 4.52. The third-order valence-corrected chi connectivity index (χ3v) is 2.09. The van der Waals surface area contributed by atoms with Gasteiger partial charge in [0.05, 0.1) is 5.92 Å². The van der Waals surface area contributed by atoms with E-state index in [1.807, 2.05) is 25.2 Å². The van der Waals surface area contributed by atoms with Crippen LogP contribution in [0.2, 0.25) is 0 Å². The molecule has 13 heavy (non-hydrogen) atoms. The van der Waals surface area contributed by atoms with Crippen LogP contribution < -0.4 is 0 Å². The van der Waals surface area contributed by atoms with Gasteiger partial charge in [-0.25, -0.2) is 0 Å². The van der Waals surface area contributed by atoms with Gasteiger partial charge in [-0.1, -0.05) is 42.9 Å². The summed E-state index contributed by atoms with van der Waals surface area (Å²) in [5.74, 6) is 6.34. The molecule has 0 nitrogen and oxygen atoms in total. The van der Waals surface area contributed by atoms with Gasteiger partial charge in [0.1, 0.15) is 0 Å². The quantitative estimate of drug-likeness (QED) is 0.530. The molecule has 0 saturated carbocycles. The van der Waals surface area contributed by atoms with Crippen LogP contribution in [-0.4, -0.2) is 0 Å². The van der Waals surface area contributed by atoms with Crippen LogP contribution in [0.1, 0.15) is 13.8 Å². The lowest BCUT2D eigenvalue weighted by molar-refractivity contribution is 1.01. The van der Waals surface area contributed by atoms with Crippen LogP contribution in [0.25, 0.3) is 0 Å². The predicted molar refractivity (Wildman–Crippen MR) is 58.1 cm³/mol. The molecule has 1 aliphatic rings. The van der Waals surface area contributed by atoms with Crippen molar-refractivity contribution in [2.45, 2.75) is 13.8 Å². The zero-order valence-corrected chi connectivity index (χ0v) is 8.17. The number of hydrogen-bond acceptors (Lipinski definition) is 0. The summed E-state index contributed by atoms with van der Waals surface area (Å²) in [6.45, 7) is 7.70. The van der Waals surface area contributed by atoms with Crippen LogP contribution in [0.15, 0.2) is 48.1 Å². The van der Waals surface area contributed by atoms with E-state index in [1.54, 1.807) is 0 Å². The largest absolute Gasteiger partial charge is 0.106 e. The second-order valence-electron chi connectivity index (χ2n) is 2.96. The fourth-order valence-electron chi connectivity index (χ4n) is 1.32. The lowest BCUT2D eigenvalue weighted by Gasteiger charge is -2.12. The average Bonchev–Trinajstić information content (AvgIpc) is 2.18. The van der Waals surface area contributed by atoms with Gasteiger partial charge in [-0.3, -0.25) is 0 Å². The third kappa shape index (κ3) is 2.23. The summed E-state index contributed by atoms with van der Waals surface area (Å²) in [6.07, 6.45) is 10.2. The van der Waals surface area contributed by atoms with Gasteiger partial charge in [0.25, 0.3) is 0 Å². The Labute approximate surface area is 80.4 Å². The summed E-state index contributed by atoms with van der Waals surface area (Å²) in [4.78, 5) is 0. The smallest absolute Gasteiger partial charge is 0.0638 e. The predicted octanol–water partition coefficient (Wildman–Crippen LogP) is 3.25. The average molecular weight is 170 g/mol. The van der Waals surface area contributed by atoms with Gasteiger partial charge in [-0.05, 0) is 25.0 Å². The van der Waals surface area contributed by atoms with Crippen LogP contribution in [0.3, 0.4) is 0 Å². The molecule has 0 aliphatic heterocycles. The highest BCUT2D eigenvalue weighted by Crippen LogP contribution is 2.21. The van der Waals surface area contributed by atoms with Gasteiger partial charge in [0.15, 0.2) is 0 Å². The standard InChI is InChI=1S/C13H14/c1-4-8-12-9-6-7-10-13(12)11(3)5-2/h5-7,9-10,12H,2H2,1,3H3/b13-11-. The first kappa shape index (κ1) is 9.61. The molecule has 1 atom stereocenters. The Kier molecular flexibility index (Phi) is 3.34. The lowest BCUT2D eigenvalue weighted by Crippen LogP contribution is -2.00. The topological polar surface area (TPSA) is 0 Å². The SMILES string of the molecule is C=C/C(C)=C1/C=CC=CC1C#CC. The molecule has 0 bridgehead atoms. The summed E-state index contributed by atoms with van der Waals surface area (Å²) in [5.41, 5.74) is 2.46. The van der Waals surface area contributed by atoms with E-state index in [4.69, 9.17) is 0 Å². The Balaban J connectivity index is 3.06. The molecule has 1 aliphatic carbocycles. The van der Waals surface area contributed by atoms with Gasteiger partial charge in [0.2, 0.25) is 0 Å². The Morgan fingerprint density at radius 3 is 2.92 bits per heavy atom. The molecule has 1 unspecified atom stereocenters. The van der Waals surface area contributed by atoms with Crippen molar-refractivity contribution < 1.29 is 0 Å². The maximum Gasteiger partial charge on any atom is 0.0638 e. The van der Waals surface area contributed by atoms with E-state index in [1.165, 1.54) is 11.1 Å². The molecule has 66 valence electrons. The van der Waals surface area contributed by atoms with Crippen molar-refractivity contribution in [2.24, 2.45) is 5.92 Å². The van der Waals surface area contributed by atoms with Crippen molar-refractivity contribution in [3.63, 3.8) is 0 Å². The lowest BCUT2D eigenvalue weighted by atomic mass is 9.91. The first-order valence-electron chi connectivity index (χ1n) is 4.40. The van der Waals surface area contributed by atoms with Gasteiger partial charge in [-0.15, -0.1) is 5.92 Å². The highest BCUT2D eigenvalue weighted by molar-refractivity contribution is 5.44. The Morgan fingerprint density at radius 1 is 1.54 bits per heavy atom. The van der Waals surface area contributed by atoms with E-state index in [0.717, 1.165) is 0 Å². The number of hydrogen-bond donors (Lipinski definition) is 0. The van der Waals surface area contributed by atoms with E-state index >= 15 is 0 Å². The summed E-state index contributed by atoms with van der Waals surface area (Å²) in [5, 5.41) is 0. The number of allylic oxidation sites excluding steroid dienone is 7.